The summed E-state index contributed by atoms with van der Waals surface area (Å²) in [5, 5.41) is 24.5. The molecule has 1 heterocycles. The first-order valence-corrected chi connectivity index (χ1v) is 11.8. The molecule has 7 nitrogen and oxygen atoms in total. The van der Waals surface area contributed by atoms with Crippen LogP contribution >= 0.6 is 11.6 Å². The van der Waals surface area contributed by atoms with Crippen LogP contribution in [0.2, 0.25) is 5.02 Å². The Kier molecular flexibility index (Phi) is 7.87. The molecular formula is C26H22ClF3N2O5. The number of carbonyl (C=O) groups excluding carboxylic acids is 1. The topological polar surface area (TPSA) is 103 Å². The van der Waals surface area contributed by atoms with E-state index in [0.29, 0.717) is 16.8 Å². The Labute approximate surface area is 215 Å². The van der Waals surface area contributed by atoms with Crippen molar-refractivity contribution in [2.45, 2.75) is 38.2 Å². The number of carboxylic acid groups (broad SMARTS) is 1. The number of benzene rings is 2. The molecule has 194 valence electrons. The molecule has 1 amide bonds. The smallest absolute Gasteiger partial charge is 0.387 e. The van der Waals surface area contributed by atoms with Gasteiger partial charge in [0.2, 0.25) is 11.6 Å². The summed E-state index contributed by atoms with van der Waals surface area (Å²) in [6.45, 7) is -3.22. The van der Waals surface area contributed by atoms with Crippen molar-refractivity contribution in [3.63, 3.8) is 0 Å². The zero-order chi connectivity index (χ0) is 26.7. The molecule has 1 aliphatic rings. The zero-order valence-corrected chi connectivity index (χ0v) is 20.1. The van der Waals surface area contributed by atoms with Crippen molar-refractivity contribution in [2.75, 3.05) is 5.32 Å². The maximum Gasteiger partial charge on any atom is 0.387 e. The molecule has 1 saturated carbocycles. The third-order valence-electron chi connectivity index (χ3n) is 6.37. The Bertz CT molecular complexity index is 1320. The van der Waals surface area contributed by atoms with E-state index < -0.39 is 41.5 Å². The van der Waals surface area contributed by atoms with Crippen LogP contribution < -0.4 is 14.8 Å². The first-order chi connectivity index (χ1) is 17.6. The number of amides is 1. The Morgan fingerprint density at radius 2 is 1.84 bits per heavy atom. The molecule has 0 radical (unpaired) electrons. The number of ether oxygens (including phenoxy) is 1. The third kappa shape index (κ3) is 5.96. The van der Waals surface area contributed by atoms with Crippen LogP contribution in [0.4, 0.5) is 18.9 Å². The molecule has 37 heavy (non-hydrogen) atoms. The summed E-state index contributed by atoms with van der Waals surface area (Å²) in [5.41, 5.74) is 0.0518. The van der Waals surface area contributed by atoms with E-state index in [4.69, 9.17) is 16.7 Å². The number of hydrogen-bond donors (Lipinski definition) is 2. The highest BCUT2D eigenvalue weighted by Gasteiger charge is 2.33. The van der Waals surface area contributed by atoms with Crippen LogP contribution in [-0.2, 0) is 4.79 Å². The number of rotatable bonds is 9. The number of aromatic nitrogens is 1. The van der Waals surface area contributed by atoms with Crippen molar-refractivity contribution in [1.82, 2.24) is 0 Å². The Balaban J connectivity index is 1.66. The van der Waals surface area contributed by atoms with Gasteiger partial charge in [0.1, 0.15) is 11.7 Å². The number of nitrogens with zero attached hydrogens (tertiary/aromatic N) is 1. The number of carbonyl (C=O) groups is 2. The highest BCUT2D eigenvalue weighted by atomic mass is 35.5. The van der Waals surface area contributed by atoms with E-state index in [2.05, 4.69) is 10.1 Å². The predicted octanol–water partition coefficient (Wildman–Crippen LogP) is 5.99. The predicted molar refractivity (Wildman–Crippen MR) is 129 cm³/mol. The Morgan fingerprint density at radius 1 is 1.14 bits per heavy atom. The van der Waals surface area contributed by atoms with Crippen LogP contribution in [0.15, 0.2) is 54.7 Å². The van der Waals surface area contributed by atoms with Gasteiger partial charge in [-0.2, -0.15) is 13.5 Å². The van der Waals surface area contributed by atoms with Crippen LogP contribution in [0.3, 0.4) is 0 Å². The van der Waals surface area contributed by atoms with Crippen LogP contribution in [0.5, 0.6) is 5.75 Å². The standard InChI is InChI=1S/C26H22ClF3N2O5/c27-19-9-11-21(37-26(29)30)22(23(19)28)16-6-10-20(32(36)13-16)18(12-14-2-1-3-14)24(33)31-17-7-4-15(5-8-17)25(34)35/h4-11,13-14,18,26H,1-3,12H2,(H,31,33)(H,34,35)/t18-/m0/s1. The second-order valence-electron chi connectivity index (χ2n) is 8.74. The van der Waals surface area contributed by atoms with E-state index >= 15 is 0 Å². The summed E-state index contributed by atoms with van der Waals surface area (Å²) in [6.07, 6.45) is 4.23. The highest BCUT2D eigenvalue weighted by Crippen LogP contribution is 2.38. The molecule has 3 aromatic rings. The van der Waals surface area contributed by atoms with E-state index in [9.17, 15) is 28.0 Å². The monoisotopic (exact) mass is 534 g/mol. The number of nitrogens with one attached hydrogen (secondary N) is 1. The summed E-state index contributed by atoms with van der Waals surface area (Å²) in [7, 11) is 0. The van der Waals surface area contributed by atoms with Gasteiger partial charge in [-0.25, -0.2) is 9.18 Å². The molecular weight excluding hydrogens is 513 g/mol. The second kappa shape index (κ2) is 11.1. The van der Waals surface area contributed by atoms with Gasteiger partial charge in [0.05, 0.1) is 21.7 Å². The zero-order valence-electron chi connectivity index (χ0n) is 19.3. The maximum atomic E-state index is 14.8. The van der Waals surface area contributed by atoms with E-state index in [1.54, 1.807) is 0 Å². The van der Waals surface area contributed by atoms with Crippen LogP contribution in [0.1, 0.15) is 47.7 Å². The number of pyridine rings is 1. The number of carboxylic acids is 1. The SMILES string of the molecule is O=C(O)c1ccc(NC(=O)[C@@H](CC2CCC2)c2ccc(-c3c(OC(F)F)ccc(Cl)c3F)c[n+]2[O-])cc1. The minimum Gasteiger partial charge on any atom is -0.618 e. The molecule has 2 N–H and O–H groups in total. The van der Waals surface area contributed by atoms with E-state index in [1.165, 1.54) is 36.4 Å². The lowest BCUT2D eigenvalue weighted by atomic mass is 9.77. The molecule has 0 bridgehead atoms. The molecule has 1 atom stereocenters. The molecule has 0 saturated heterocycles. The Morgan fingerprint density at radius 3 is 2.41 bits per heavy atom. The van der Waals surface area contributed by atoms with Crippen molar-refractivity contribution in [2.24, 2.45) is 5.92 Å². The van der Waals surface area contributed by atoms with Crippen LogP contribution in [0, 0.1) is 16.9 Å². The average Bonchev–Trinajstić information content (AvgIpc) is 2.81. The third-order valence-corrected chi connectivity index (χ3v) is 6.66. The van der Waals surface area contributed by atoms with Crippen molar-refractivity contribution >= 4 is 29.2 Å². The van der Waals surface area contributed by atoms with Gasteiger partial charge in [-0.15, -0.1) is 0 Å². The van der Waals surface area contributed by atoms with Gasteiger partial charge in [-0.3, -0.25) is 4.79 Å². The maximum absolute atomic E-state index is 14.8. The van der Waals surface area contributed by atoms with E-state index in [0.717, 1.165) is 37.6 Å². The van der Waals surface area contributed by atoms with E-state index in [1.807, 2.05) is 0 Å². The average molecular weight is 535 g/mol. The minimum absolute atomic E-state index is 0.0542. The first-order valence-electron chi connectivity index (χ1n) is 11.4. The van der Waals surface area contributed by atoms with Crippen molar-refractivity contribution < 1.29 is 37.3 Å². The van der Waals surface area contributed by atoms with Crippen molar-refractivity contribution in [1.29, 1.82) is 0 Å². The normalized spacial score (nSPS) is 14.2. The highest BCUT2D eigenvalue weighted by molar-refractivity contribution is 6.31. The van der Waals surface area contributed by atoms with Gasteiger partial charge >= 0.3 is 12.6 Å². The lowest BCUT2D eigenvalue weighted by molar-refractivity contribution is -0.614. The molecule has 11 heteroatoms. The number of halogens is 4. The lowest BCUT2D eigenvalue weighted by Crippen LogP contribution is -2.38. The molecule has 1 fully saturated rings. The van der Waals surface area contributed by atoms with E-state index in [-0.39, 0.29) is 27.8 Å². The van der Waals surface area contributed by atoms with Gasteiger partial charge in [-0.05, 0) is 54.8 Å². The largest absolute Gasteiger partial charge is 0.618 e. The van der Waals surface area contributed by atoms with Gasteiger partial charge in [-0.1, -0.05) is 30.9 Å². The quantitative estimate of drug-likeness (QED) is 0.259. The van der Waals surface area contributed by atoms with Gasteiger partial charge in [0.15, 0.2) is 12.0 Å². The van der Waals surface area contributed by atoms with Gasteiger partial charge < -0.3 is 20.4 Å². The lowest BCUT2D eigenvalue weighted by Gasteiger charge is -2.28. The number of anilines is 1. The summed E-state index contributed by atoms with van der Waals surface area (Å²) in [6, 6.07) is 10.4. The molecule has 0 unspecified atom stereocenters. The molecule has 1 aliphatic carbocycles. The fourth-order valence-corrected chi connectivity index (χ4v) is 4.41. The fourth-order valence-electron chi connectivity index (χ4n) is 4.26. The van der Waals surface area contributed by atoms with Crippen LogP contribution in [-0.4, -0.2) is 23.6 Å². The molecule has 1 aromatic heterocycles. The molecule has 2 aromatic carbocycles. The summed E-state index contributed by atoms with van der Waals surface area (Å²) in [5.74, 6) is -3.72. The number of aromatic carboxylic acids is 1. The van der Waals surface area contributed by atoms with Crippen molar-refractivity contribution in [3.8, 4) is 16.9 Å². The molecule has 0 aliphatic heterocycles. The Hall–Kier alpha value is -3.79. The van der Waals surface area contributed by atoms with Gasteiger partial charge in [0.25, 0.3) is 0 Å². The summed E-state index contributed by atoms with van der Waals surface area (Å²) in [4.78, 5) is 24.3. The fraction of sp³-hybridized carbons (Fsp3) is 0.269. The minimum atomic E-state index is -3.22. The second-order valence-corrected chi connectivity index (χ2v) is 9.15. The van der Waals surface area contributed by atoms with Crippen LogP contribution in [0.25, 0.3) is 11.1 Å². The molecule has 0 spiro atoms. The summed E-state index contributed by atoms with van der Waals surface area (Å²) < 4.78 is 45.4. The molecule has 4 rings (SSSR count). The number of alkyl halides is 2. The number of hydrogen-bond acceptors (Lipinski definition) is 4. The first kappa shape index (κ1) is 26.3. The summed E-state index contributed by atoms with van der Waals surface area (Å²) >= 11 is 5.83. The van der Waals surface area contributed by atoms with Crippen molar-refractivity contribution in [3.05, 3.63) is 82.0 Å². The van der Waals surface area contributed by atoms with Gasteiger partial charge in [0, 0.05) is 11.8 Å².